The van der Waals surface area contributed by atoms with Crippen molar-refractivity contribution in [3.05, 3.63) is 0 Å². The van der Waals surface area contributed by atoms with Crippen molar-refractivity contribution in [2.45, 2.75) is 58.8 Å². The van der Waals surface area contributed by atoms with Gasteiger partial charge in [-0.05, 0) is 12.3 Å². The Morgan fingerprint density at radius 1 is 1.20 bits per heavy atom. The van der Waals surface area contributed by atoms with Crippen LogP contribution in [-0.2, 0) is 13.9 Å². The van der Waals surface area contributed by atoms with E-state index in [0.29, 0.717) is 0 Å². The summed E-state index contributed by atoms with van der Waals surface area (Å²) in [5, 5.41) is 8.27. The van der Waals surface area contributed by atoms with Crippen molar-refractivity contribution in [2.75, 3.05) is 12.8 Å². The van der Waals surface area contributed by atoms with Gasteiger partial charge in [0, 0.05) is 6.42 Å². The number of hydrogen-bond donors (Lipinski definition) is 3. The van der Waals surface area contributed by atoms with Gasteiger partial charge in [0.25, 0.3) is 0 Å². The zero-order valence-corrected chi connectivity index (χ0v) is 13.4. The lowest BCUT2D eigenvalue weighted by Gasteiger charge is -2.11. The third-order valence-electron chi connectivity index (χ3n) is 2.96. The molecule has 0 saturated carbocycles. The maximum absolute atomic E-state index is 11.5. The summed E-state index contributed by atoms with van der Waals surface area (Å²) in [7, 11) is -3.71. The Bertz CT molecular complexity index is 309. The first-order valence-corrected chi connectivity index (χ1v) is 9.03. The molecule has 0 aromatic rings. The third-order valence-corrected chi connectivity index (χ3v) is 4.34. The summed E-state index contributed by atoms with van der Waals surface area (Å²) in [5.74, 6) is 0.0581. The predicted octanol–water partition coefficient (Wildman–Crippen LogP) is 3.08. The lowest BCUT2D eigenvalue weighted by molar-refractivity contribution is -0.128. The Labute approximate surface area is 121 Å². The second-order valence-corrected chi connectivity index (χ2v) is 7.41. The molecule has 1 amide bonds. The second kappa shape index (κ2) is 11.3. The lowest BCUT2D eigenvalue weighted by Crippen LogP contribution is -2.19. The van der Waals surface area contributed by atoms with Gasteiger partial charge < -0.3 is 9.42 Å². The zero-order chi connectivity index (χ0) is 15.4. The summed E-state index contributed by atoms with van der Waals surface area (Å²) < 4.78 is 16.4. The van der Waals surface area contributed by atoms with Gasteiger partial charge in [0.1, 0.15) is 0 Å². The number of carbonyl (C=O) groups is 1. The first-order valence-electron chi connectivity index (χ1n) is 7.26. The number of amides is 1. The number of nitrogens with one attached hydrogen (secondary N) is 1. The van der Waals surface area contributed by atoms with Crippen LogP contribution in [0.1, 0.15) is 58.8 Å². The maximum atomic E-state index is 11.5. The molecule has 0 aromatic carbocycles. The van der Waals surface area contributed by atoms with Crippen molar-refractivity contribution in [1.29, 1.82) is 0 Å². The Kier molecular flexibility index (Phi) is 11.0. The molecule has 0 fully saturated rings. The van der Waals surface area contributed by atoms with Crippen molar-refractivity contribution in [3.63, 3.8) is 0 Å². The van der Waals surface area contributed by atoms with Gasteiger partial charge in [-0.1, -0.05) is 46.0 Å². The standard InChI is InChI=1S/C13H28NO5P/c1-12(2)8-6-4-3-5-7-10-19-20(17,18)11-9-13(15)14-16/h12,16H,3-11H2,1-2H3,(H,14,15)(H,17,18). The molecule has 0 heterocycles. The summed E-state index contributed by atoms with van der Waals surface area (Å²) in [4.78, 5) is 20.2. The maximum Gasteiger partial charge on any atom is 0.328 e. The minimum atomic E-state index is -3.71. The molecule has 0 spiro atoms. The molecule has 3 N–H and O–H groups in total. The van der Waals surface area contributed by atoms with E-state index in [1.807, 2.05) is 0 Å². The van der Waals surface area contributed by atoms with E-state index in [0.717, 1.165) is 25.2 Å². The van der Waals surface area contributed by atoms with Crippen LogP contribution in [0.25, 0.3) is 0 Å². The van der Waals surface area contributed by atoms with E-state index in [4.69, 9.17) is 9.73 Å². The van der Waals surface area contributed by atoms with Gasteiger partial charge in [0.2, 0.25) is 5.91 Å². The van der Waals surface area contributed by atoms with Crippen LogP contribution in [0.15, 0.2) is 0 Å². The summed E-state index contributed by atoms with van der Waals surface area (Å²) in [6.07, 6.45) is 6.01. The average molecular weight is 309 g/mol. The first-order chi connectivity index (χ1) is 9.37. The number of unbranched alkanes of at least 4 members (excludes halogenated alkanes) is 4. The molecule has 7 heteroatoms. The molecule has 0 aromatic heterocycles. The van der Waals surface area contributed by atoms with Crippen molar-refractivity contribution < 1.29 is 24.0 Å². The second-order valence-electron chi connectivity index (χ2n) is 5.43. The van der Waals surface area contributed by atoms with E-state index in [-0.39, 0.29) is 19.2 Å². The molecule has 0 aliphatic rings. The Hall–Kier alpha value is -0.420. The minimum absolute atomic E-state index is 0.223. The average Bonchev–Trinajstić information content (AvgIpc) is 2.38. The van der Waals surface area contributed by atoms with Crippen LogP contribution in [0.5, 0.6) is 0 Å². The molecule has 120 valence electrons. The van der Waals surface area contributed by atoms with E-state index in [1.54, 1.807) is 0 Å². The van der Waals surface area contributed by atoms with Crippen LogP contribution in [-0.4, -0.2) is 28.8 Å². The highest BCUT2D eigenvalue weighted by atomic mass is 31.2. The zero-order valence-electron chi connectivity index (χ0n) is 12.5. The topological polar surface area (TPSA) is 95.9 Å². The van der Waals surface area contributed by atoms with Crippen LogP contribution in [0.3, 0.4) is 0 Å². The first kappa shape index (κ1) is 19.6. The van der Waals surface area contributed by atoms with Crippen LogP contribution < -0.4 is 5.48 Å². The Morgan fingerprint density at radius 2 is 1.80 bits per heavy atom. The number of hydroxylamine groups is 1. The summed E-state index contributed by atoms with van der Waals surface area (Å²) in [6.45, 7) is 4.66. The monoisotopic (exact) mass is 309 g/mol. The van der Waals surface area contributed by atoms with Crippen molar-refractivity contribution in [3.8, 4) is 0 Å². The van der Waals surface area contributed by atoms with E-state index >= 15 is 0 Å². The van der Waals surface area contributed by atoms with Gasteiger partial charge in [-0.15, -0.1) is 0 Å². The lowest BCUT2D eigenvalue weighted by atomic mass is 10.0. The van der Waals surface area contributed by atoms with Crippen LogP contribution >= 0.6 is 7.60 Å². The van der Waals surface area contributed by atoms with Crippen LogP contribution in [0.4, 0.5) is 0 Å². The SMILES string of the molecule is CC(C)CCCCCCCOP(=O)(O)CCC(=O)NO. The van der Waals surface area contributed by atoms with Crippen molar-refractivity contribution >= 4 is 13.5 Å². The molecule has 0 rings (SSSR count). The molecule has 0 saturated heterocycles. The molecule has 0 bridgehead atoms. The van der Waals surface area contributed by atoms with Crippen LogP contribution in [0, 0.1) is 5.92 Å². The van der Waals surface area contributed by atoms with Gasteiger partial charge in [0.15, 0.2) is 0 Å². The fourth-order valence-corrected chi connectivity index (χ4v) is 2.78. The highest BCUT2D eigenvalue weighted by Gasteiger charge is 2.20. The molecular formula is C13H28NO5P. The van der Waals surface area contributed by atoms with E-state index in [1.165, 1.54) is 24.7 Å². The highest BCUT2D eigenvalue weighted by molar-refractivity contribution is 7.52. The molecule has 0 aliphatic heterocycles. The molecule has 0 aliphatic carbocycles. The predicted molar refractivity (Wildman–Crippen MR) is 77.7 cm³/mol. The van der Waals surface area contributed by atoms with E-state index in [9.17, 15) is 14.3 Å². The Balaban J connectivity index is 3.48. The number of rotatable bonds is 12. The van der Waals surface area contributed by atoms with Gasteiger partial charge in [0.05, 0.1) is 12.8 Å². The molecule has 20 heavy (non-hydrogen) atoms. The fraction of sp³-hybridized carbons (Fsp3) is 0.923. The third kappa shape index (κ3) is 12.6. The minimum Gasteiger partial charge on any atom is -0.324 e. The molecular weight excluding hydrogens is 281 g/mol. The van der Waals surface area contributed by atoms with Crippen molar-refractivity contribution in [1.82, 2.24) is 5.48 Å². The number of hydrogen-bond acceptors (Lipinski definition) is 4. The largest absolute Gasteiger partial charge is 0.328 e. The van der Waals surface area contributed by atoms with Gasteiger partial charge >= 0.3 is 7.60 Å². The highest BCUT2D eigenvalue weighted by Crippen LogP contribution is 2.42. The number of carbonyl (C=O) groups excluding carboxylic acids is 1. The van der Waals surface area contributed by atoms with Crippen LogP contribution in [0.2, 0.25) is 0 Å². The summed E-state index contributed by atoms with van der Waals surface area (Å²) in [6, 6.07) is 0. The van der Waals surface area contributed by atoms with Gasteiger partial charge in [-0.3, -0.25) is 14.6 Å². The summed E-state index contributed by atoms with van der Waals surface area (Å²) >= 11 is 0. The van der Waals surface area contributed by atoms with Gasteiger partial charge in [-0.2, -0.15) is 0 Å². The molecule has 6 nitrogen and oxygen atoms in total. The smallest absolute Gasteiger partial charge is 0.324 e. The van der Waals surface area contributed by atoms with Crippen molar-refractivity contribution in [2.24, 2.45) is 5.92 Å². The summed E-state index contributed by atoms with van der Waals surface area (Å²) in [5.41, 5.74) is 1.41. The van der Waals surface area contributed by atoms with E-state index in [2.05, 4.69) is 13.8 Å². The quantitative estimate of drug-likeness (QED) is 0.223. The fourth-order valence-electron chi connectivity index (χ4n) is 1.76. The molecule has 0 radical (unpaired) electrons. The molecule has 1 atom stereocenters. The Morgan fingerprint density at radius 3 is 2.40 bits per heavy atom. The molecule has 1 unspecified atom stereocenters. The van der Waals surface area contributed by atoms with Gasteiger partial charge in [-0.25, -0.2) is 5.48 Å². The van der Waals surface area contributed by atoms with E-state index < -0.39 is 13.5 Å². The normalized spacial score (nSPS) is 14.2.